The number of hydrogen-bond acceptors (Lipinski definition) is 3. The van der Waals surface area contributed by atoms with E-state index in [0.717, 1.165) is 12.8 Å². The third kappa shape index (κ3) is 4.32. The lowest BCUT2D eigenvalue weighted by molar-refractivity contribution is 0.252. The number of anilines is 1. The predicted octanol–water partition coefficient (Wildman–Crippen LogP) is 1.70. The Morgan fingerprint density at radius 2 is 2.06 bits per heavy atom. The van der Waals surface area contributed by atoms with Gasteiger partial charge >= 0.3 is 6.03 Å². The quantitative estimate of drug-likeness (QED) is 0.210. The first-order valence-electron chi connectivity index (χ1n) is 5.80. The van der Waals surface area contributed by atoms with E-state index in [2.05, 4.69) is 22.7 Å². The summed E-state index contributed by atoms with van der Waals surface area (Å²) in [5.41, 5.74) is 6.67. The number of hydrogen-bond donors (Lipinski definition) is 4. The van der Waals surface area contributed by atoms with E-state index in [0.29, 0.717) is 17.8 Å². The van der Waals surface area contributed by atoms with Gasteiger partial charge in [0.2, 0.25) is 0 Å². The number of unbranched alkanes of at least 4 members (excludes halogenated alkanes) is 1. The first kappa shape index (κ1) is 13.8. The summed E-state index contributed by atoms with van der Waals surface area (Å²) in [5.74, 6) is 0.0361. The summed E-state index contributed by atoms with van der Waals surface area (Å²) in [6.07, 6.45) is 1.99. The molecule has 0 aliphatic heterocycles. The van der Waals surface area contributed by atoms with Gasteiger partial charge in [-0.25, -0.2) is 4.79 Å². The van der Waals surface area contributed by atoms with E-state index in [-0.39, 0.29) is 11.9 Å². The number of urea groups is 1. The molecule has 0 aliphatic carbocycles. The molecule has 18 heavy (non-hydrogen) atoms. The molecule has 0 saturated carbocycles. The lowest BCUT2D eigenvalue weighted by Crippen LogP contribution is -2.29. The molecular formula is C12H18N4O2. The first-order valence-corrected chi connectivity index (χ1v) is 5.80. The Labute approximate surface area is 106 Å². The summed E-state index contributed by atoms with van der Waals surface area (Å²) in [6, 6.07) is 6.47. The van der Waals surface area contributed by atoms with Crippen LogP contribution in [-0.4, -0.2) is 23.6 Å². The fraction of sp³-hybridized carbons (Fsp3) is 0.333. The summed E-state index contributed by atoms with van der Waals surface area (Å²) >= 11 is 0. The molecule has 98 valence electrons. The topological polar surface area (TPSA) is 99.7 Å². The average molecular weight is 250 g/mol. The van der Waals surface area contributed by atoms with Crippen LogP contribution >= 0.6 is 0 Å². The molecule has 6 nitrogen and oxygen atoms in total. The Morgan fingerprint density at radius 1 is 1.39 bits per heavy atom. The van der Waals surface area contributed by atoms with Gasteiger partial charge in [-0.2, -0.15) is 0 Å². The van der Waals surface area contributed by atoms with Crippen molar-refractivity contribution in [3.05, 3.63) is 29.8 Å². The molecule has 0 saturated heterocycles. The number of amides is 2. The lowest BCUT2D eigenvalue weighted by Gasteiger charge is -2.07. The highest BCUT2D eigenvalue weighted by atomic mass is 16.4. The Bertz CT molecular complexity index is 415. The molecule has 0 fully saturated rings. The molecule has 5 N–H and O–H groups in total. The maximum atomic E-state index is 11.5. The van der Waals surface area contributed by atoms with Crippen molar-refractivity contribution in [1.82, 2.24) is 5.32 Å². The Kier molecular flexibility index (Phi) is 5.50. The molecule has 2 amide bonds. The van der Waals surface area contributed by atoms with Crippen LogP contribution in [0, 0.1) is 0 Å². The summed E-state index contributed by atoms with van der Waals surface area (Å²) in [6.45, 7) is 2.72. The van der Waals surface area contributed by atoms with Gasteiger partial charge in [-0.1, -0.05) is 18.5 Å². The molecule has 0 unspecified atom stereocenters. The largest absolute Gasteiger partial charge is 0.409 e. The summed E-state index contributed by atoms with van der Waals surface area (Å²) in [4.78, 5) is 11.5. The van der Waals surface area contributed by atoms with Gasteiger partial charge in [-0.15, -0.1) is 0 Å². The van der Waals surface area contributed by atoms with Gasteiger partial charge in [-0.05, 0) is 30.7 Å². The molecule has 0 aliphatic rings. The van der Waals surface area contributed by atoms with Crippen LogP contribution in [-0.2, 0) is 0 Å². The van der Waals surface area contributed by atoms with E-state index in [9.17, 15) is 4.79 Å². The van der Waals surface area contributed by atoms with Crippen LogP contribution in [0.25, 0.3) is 0 Å². The number of nitrogens with one attached hydrogen (secondary N) is 2. The number of nitrogens with zero attached hydrogens (tertiary/aromatic N) is 1. The minimum absolute atomic E-state index is 0.0361. The van der Waals surface area contributed by atoms with Crippen molar-refractivity contribution in [2.45, 2.75) is 19.8 Å². The minimum Gasteiger partial charge on any atom is -0.409 e. The second-order valence-corrected chi connectivity index (χ2v) is 3.80. The maximum Gasteiger partial charge on any atom is 0.319 e. The molecule has 0 aromatic heterocycles. The first-order chi connectivity index (χ1) is 8.67. The van der Waals surface area contributed by atoms with Crippen LogP contribution in [0.1, 0.15) is 25.3 Å². The van der Waals surface area contributed by atoms with Crippen molar-refractivity contribution in [2.75, 3.05) is 11.9 Å². The molecule has 0 atom stereocenters. The molecule has 0 radical (unpaired) electrons. The van der Waals surface area contributed by atoms with E-state index < -0.39 is 0 Å². The molecule has 6 heteroatoms. The van der Waals surface area contributed by atoms with Crippen LogP contribution in [0.3, 0.4) is 0 Å². The van der Waals surface area contributed by atoms with Gasteiger partial charge in [0, 0.05) is 17.8 Å². The molecule has 0 bridgehead atoms. The third-order valence-electron chi connectivity index (χ3n) is 2.36. The zero-order valence-corrected chi connectivity index (χ0v) is 10.3. The summed E-state index contributed by atoms with van der Waals surface area (Å²) in [7, 11) is 0. The SMILES string of the molecule is CCCCNC(=O)Nc1ccc(C(N)=NO)cc1. The molecule has 0 spiro atoms. The summed E-state index contributed by atoms with van der Waals surface area (Å²) < 4.78 is 0. The van der Waals surface area contributed by atoms with Gasteiger partial charge in [-0.3, -0.25) is 0 Å². The van der Waals surface area contributed by atoms with Gasteiger partial charge in [0.25, 0.3) is 0 Å². The van der Waals surface area contributed by atoms with Crippen LogP contribution in [0.15, 0.2) is 29.4 Å². The minimum atomic E-state index is -0.236. The van der Waals surface area contributed by atoms with E-state index in [1.807, 2.05) is 0 Å². The molecular weight excluding hydrogens is 232 g/mol. The zero-order valence-electron chi connectivity index (χ0n) is 10.3. The third-order valence-corrected chi connectivity index (χ3v) is 2.36. The fourth-order valence-corrected chi connectivity index (χ4v) is 1.34. The van der Waals surface area contributed by atoms with Crippen LogP contribution < -0.4 is 16.4 Å². The number of rotatable bonds is 5. The molecule has 0 heterocycles. The number of oxime groups is 1. The molecule has 1 aromatic rings. The highest BCUT2D eigenvalue weighted by Gasteiger charge is 2.02. The van der Waals surface area contributed by atoms with E-state index >= 15 is 0 Å². The van der Waals surface area contributed by atoms with Gasteiger partial charge < -0.3 is 21.6 Å². The number of benzene rings is 1. The highest BCUT2D eigenvalue weighted by Crippen LogP contribution is 2.09. The van der Waals surface area contributed by atoms with Crippen molar-refractivity contribution in [3.63, 3.8) is 0 Å². The Morgan fingerprint density at radius 3 is 2.61 bits per heavy atom. The van der Waals surface area contributed by atoms with Gasteiger partial charge in [0.05, 0.1) is 0 Å². The Balaban J connectivity index is 2.51. The number of nitrogens with two attached hydrogens (primary N) is 1. The van der Waals surface area contributed by atoms with Crippen molar-refractivity contribution in [1.29, 1.82) is 0 Å². The van der Waals surface area contributed by atoms with E-state index in [4.69, 9.17) is 10.9 Å². The second kappa shape index (κ2) is 7.16. The standard InChI is InChI=1S/C12H18N4O2/c1-2-3-8-14-12(17)15-10-6-4-9(5-7-10)11(13)16-18/h4-7,18H,2-3,8H2,1H3,(H2,13,16)(H2,14,15,17). The predicted molar refractivity (Wildman–Crippen MR) is 70.9 cm³/mol. The molecule has 1 aromatic carbocycles. The summed E-state index contributed by atoms with van der Waals surface area (Å²) in [5, 5.41) is 16.8. The molecule has 1 rings (SSSR count). The van der Waals surface area contributed by atoms with Crippen LogP contribution in [0.4, 0.5) is 10.5 Å². The van der Waals surface area contributed by atoms with Crippen LogP contribution in [0.5, 0.6) is 0 Å². The second-order valence-electron chi connectivity index (χ2n) is 3.80. The fourth-order valence-electron chi connectivity index (χ4n) is 1.34. The van der Waals surface area contributed by atoms with Gasteiger partial charge in [0.1, 0.15) is 0 Å². The van der Waals surface area contributed by atoms with Crippen LogP contribution in [0.2, 0.25) is 0 Å². The monoisotopic (exact) mass is 250 g/mol. The van der Waals surface area contributed by atoms with E-state index in [1.54, 1.807) is 24.3 Å². The van der Waals surface area contributed by atoms with Gasteiger partial charge in [0.15, 0.2) is 5.84 Å². The van der Waals surface area contributed by atoms with E-state index in [1.165, 1.54) is 0 Å². The lowest BCUT2D eigenvalue weighted by atomic mass is 10.2. The average Bonchev–Trinajstić information content (AvgIpc) is 2.39. The van der Waals surface area contributed by atoms with Crippen molar-refractivity contribution in [3.8, 4) is 0 Å². The number of carbonyl (C=O) groups excluding carboxylic acids is 1. The smallest absolute Gasteiger partial charge is 0.319 e. The number of carbonyl (C=O) groups is 1. The highest BCUT2D eigenvalue weighted by molar-refractivity contribution is 5.97. The maximum absolute atomic E-state index is 11.5. The van der Waals surface area contributed by atoms with Crippen molar-refractivity contribution >= 4 is 17.6 Å². The zero-order chi connectivity index (χ0) is 13.4. The van der Waals surface area contributed by atoms with Crippen molar-refractivity contribution < 1.29 is 10.0 Å². The number of amidine groups is 1. The van der Waals surface area contributed by atoms with Crippen molar-refractivity contribution in [2.24, 2.45) is 10.9 Å². The Hall–Kier alpha value is -2.24. The normalized spacial score (nSPS) is 11.1.